The van der Waals surface area contributed by atoms with Crippen molar-refractivity contribution in [3.05, 3.63) is 58.2 Å². The van der Waals surface area contributed by atoms with Gasteiger partial charge < -0.3 is 0 Å². The van der Waals surface area contributed by atoms with E-state index in [4.69, 9.17) is 0 Å². The largest absolute Gasteiger partial charge is 0.0622 e. The summed E-state index contributed by atoms with van der Waals surface area (Å²) in [5, 5.41) is 0. The standard InChI is InChI=1S/C16H20.V/c1-11-12(2)14(4)16(5,13(11)3)15-9-7-6-8-10-15;/h6-10H,1-5H3;. The van der Waals surface area contributed by atoms with Crippen LogP contribution in [-0.2, 0) is 24.0 Å². The summed E-state index contributed by atoms with van der Waals surface area (Å²) < 4.78 is 0. The summed E-state index contributed by atoms with van der Waals surface area (Å²) in [6.07, 6.45) is 0. The molecule has 1 aliphatic rings. The predicted molar refractivity (Wildman–Crippen MR) is 70.5 cm³/mol. The molecule has 0 N–H and O–H groups in total. The van der Waals surface area contributed by atoms with Crippen molar-refractivity contribution in [2.24, 2.45) is 0 Å². The monoisotopic (exact) mass is 263 g/mol. The van der Waals surface area contributed by atoms with Crippen LogP contribution in [0.15, 0.2) is 52.6 Å². The third kappa shape index (κ3) is 1.94. The zero-order valence-electron chi connectivity index (χ0n) is 11.3. The molecule has 1 aliphatic carbocycles. The van der Waals surface area contributed by atoms with E-state index >= 15 is 0 Å². The predicted octanol–water partition coefficient (Wildman–Crippen LogP) is 4.63. The minimum Gasteiger partial charge on any atom is -0.0622 e. The summed E-state index contributed by atoms with van der Waals surface area (Å²) in [6.45, 7) is 11.3. The smallest absolute Gasteiger partial charge is 0.0348 e. The molecule has 0 fully saturated rings. The summed E-state index contributed by atoms with van der Waals surface area (Å²) in [7, 11) is 0. The first kappa shape index (κ1) is 14.3. The Morgan fingerprint density at radius 2 is 1.18 bits per heavy atom. The molecule has 17 heavy (non-hydrogen) atoms. The van der Waals surface area contributed by atoms with Crippen molar-refractivity contribution < 1.29 is 18.6 Å². The topological polar surface area (TPSA) is 0 Å². The van der Waals surface area contributed by atoms with Crippen LogP contribution in [0.1, 0.15) is 40.2 Å². The van der Waals surface area contributed by atoms with Crippen LogP contribution in [0.2, 0.25) is 0 Å². The molecule has 0 aliphatic heterocycles. The summed E-state index contributed by atoms with van der Waals surface area (Å²) >= 11 is 0. The maximum absolute atomic E-state index is 2.34. The van der Waals surface area contributed by atoms with Crippen LogP contribution in [0, 0.1) is 0 Å². The number of rotatable bonds is 1. The van der Waals surface area contributed by atoms with Crippen LogP contribution in [0.5, 0.6) is 0 Å². The van der Waals surface area contributed by atoms with E-state index in [1.807, 2.05) is 0 Å². The van der Waals surface area contributed by atoms with E-state index < -0.39 is 0 Å². The Bertz CT molecular complexity index is 454. The van der Waals surface area contributed by atoms with E-state index in [-0.39, 0.29) is 24.0 Å². The van der Waals surface area contributed by atoms with Crippen LogP contribution in [0.3, 0.4) is 0 Å². The molecule has 0 spiro atoms. The van der Waals surface area contributed by atoms with Gasteiger partial charge in [0.1, 0.15) is 0 Å². The van der Waals surface area contributed by atoms with E-state index in [1.165, 1.54) is 27.9 Å². The van der Waals surface area contributed by atoms with Gasteiger partial charge in [-0.05, 0) is 51.3 Å². The fourth-order valence-electron chi connectivity index (χ4n) is 2.80. The van der Waals surface area contributed by atoms with Crippen molar-refractivity contribution in [3.63, 3.8) is 0 Å². The normalized spacial score (nSPS) is 18.4. The van der Waals surface area contributed by atoms with Crippen molar-refractivity contribution in [1.29, 1.82) is 0 Å². The molecular formula is C16H20V. The van der Waals surface area contributed by atoms with Crippen LogP contribution in [0.25, 0.3) is 0 Å². The average Bonchev–Trinajstić information content (AvgIpc) is 2.47. The molecule has 0 amide bonds. The SMILES string of the molecule is CC1=C(C)C(C)(c2ccccc2)C(C)=C1C.[V]. The minimum atomic E-state index is 0. The van der Waals surface area contributed by atoms with Crippen LogP contribution < -0.4 is 0 Å². The van der Waals surface area contributed by atoms with Crippen molar-refractivity contribution in [2.75, 3.05) is 0 Å². The molecule has 89 valence electrons. The van der Waals surface area contributed by atoms with E-state index in [2.05, 4.69) is 65.0 Å². The van der Waals surface area contributed by atoms with Crippen molar-refractivity contribution in [2.45, 2.75) is 40.0 Å². The molecule has 0 unspecified atom stereocenters. The molecular weight excluding hydrogens is 243 g/mol. The van der Waals surface area contributed by atoms with E-state index in [0.717, 1.165) is 0 Å². The second-order valence-corrected chi connectivity index (χ2v) is 4.99. The molecule has 0 nitrogen and oxygen atoms in total. The van der Waals surface area contributed by atoms with Crippen LogP contribution in [-0.4, -0.2) is 0 Å². The van der Waals surface area contributed by atoms with Gasteiger partial charge >= 0.3 is 0 Å². The summed E-state index contributed by atoms with van der Waals surface area (Å²) in [4.78, 5) is 0. The molecule has 0 saturated heterocycles. The molecule has 1 aromatic rings. The van der Waals surface area contributed by atoms with E-state index in [1.54, 1.807) is 0 Å². The van der Waals surface area contributed by atoms with Crippen molar-refractivity contribution >= 4 is 0 Å². The maximum Gasteiger partial charge on any atom is 0.0348 e. The van der Waals surface area contributed by atoms with Gasteiger partial charge in [0.25, 0.3) is 0 Å². The Labute approximate surface area is 117 Å². The molecule has 1 aromatic carbocycles. The first-order valence-corrected chi connectivity index (χ1v) is 5.91. The molecule has 0 bridgehead atoms. The molecule has 1 heteroatoms. The summed E-state index contributed by atoms with van der Waals surface area (Å²) in [5.74, 6) is 0. The second-order valence-electron chi connectivity index (χ2n) is 4.99. The molecule has 0 aromatic heterocycles. The van der Waals surface area contributed by atoms with Gasteiger partial charge in [0, 0.05) is 24.0 Å². The fraction of sp³-hybridized carbons (Fsp3) is 0.375. The molecule has 1 radical (unpaired) electrons. The zero-order chi connectivity index (χ0) is 11.9. The van der Waals surface area contributed by atoms with E-state index in [0.29, 0.717) is 0 Å². The van der Waals surface area contributed by atoms with Crippen molar-refractivity contribution in [1.82, 2.24) is 0 Å². The molecule has 0 heterocycles. The Morgan fingerprint density at radius 1 is 0.765 bits per heavy atom. The Kier molecular flexibility index (Phi) is 4.12. The number of hydrogen-bond acceptors (Lipinski definition) is 0. The fourth-order valence-corrected chi connectivity index (χ4v) is 2.80. The van der Waals surface area contributed by atoms with Crippen LogP contribution >= 0.6 is 0 Å². The van der Waals surface area contributed by atoms with Crippen molar-refractivity contribution in [3.8, 4) is 0 Å². The average molecular weight is 263 g/mol. The van der Waals surface area contributed by atoms with Gasteiger partial charge in [-0.2, -0.15) is 0 Å². The summed E-state index contributed by atoms with van der Waals surface area (Å²) in [5.41, 5.74) is 7.42. The van der Waals surface area contributed by atoms with Gasteiger partial charge in [-0.3, -0.25) is 0 Å². The number of benzene rings is 1. The first-order chi connectivity index (χ1) is 7.49. The van der Waals surface area contributed by atoms with Crippen LogP contribution in [0.4, 0.5) is 0 Å². The zero-order valence-corrected chi connectivity index (χ0v) is 12.7. The Morgan fingerprint density at radius 3 is 1.59 bits per heavy atom. The van der Waals surface area contributed by atoms with Gasteiger partial charge in [-0.25, -0.2) is 0 Å². The summed E-state index contributed by atoms with van der Waals surface area (Å²) in [6, 6.07) is 10.8. The van der Waals surface area contributed by atoms with Gasteiger partial charge in [-0.1, -0.05) is 41.5 Å². The third-order valence-corrected chi connectivity index (χ3v) is 4.54. The second kappa shape index (κ2) is 4.88. The maximum atomic E-state index is 2.34. The third-order valence-electron chi connectivity index (χ3n) is 4.54. The van der Waals surface area contributed by atoms with Gasteiger partial charge in [-0.15, -0.1) is 0 Å². The molecule has 0 saturated carbocycles. The van der Waals surface area contributed by atoms with E-state index in [9.17, 15) is 0 Å². The minimum absolute atomic E-state index is 0. The Hall–Kier alpha value is -0.716. The Balaban J connectivity index is 0.00000144. The number of allylic oxidation sites excluding steroid dienone is 4. The van der Waals surface area contributed by atoms with Gasteiger partial charge in [0.15, 0.2) is 0 Å². The first-order valence-electron chi connectivity index (χ1n) is 5.91. The number of hydrogen-bond donors (Lipinski definition) is 0. The van der Waals surface area contributed by atoms with Gasteiger partial charge in [0.05, 0.1) is 0 Å². The molecule has 0 atom stereocenters. The quantitative estimate of drug-likeness (QED) is 0.693. The molecule has 2 rings (SSSR count). The van der Waals surface area contributed by atoms with Gasteiger partial charge in [0.2, 0.25) is 0 Å².